The molecule has 21 heavy (non-hydrogen) atoms. The molecule has 0 bridgehead atoms. The van der Waals surface area contributed by atoms with E-state index in [1.807, 2.05) is 37.3 Å². The minimum atomic E-state index is 0.214. The third-order valence-electron chi connectivity index (χ3n) is 3.72. The number of para-hydroxylation sites is 1. The van der Waals surface area contributed by atoms with Crippen LogP contribution in [-0.4, -0.2) is 14.7 Å². The van der Waals surface area contributed by atoms with Gasteiger partial charge in [0.1, 0.15) is 11.6 Å². The Bertz CT molecular complexity index is 821. The van der Waals surface area contributed by atoms with Gasteiger partial charge < -0.3 is 9.67 Å². The highest BCUT2D eigenvalue weighted by atomic mass is 35.5. The fourth-order valence-corrected chi connectivity index (χ4v) is 2.93. The van der Waals surface area contributed by atoms with Gasteiger partial charge in [0, 0.05) is 17.2 Å². The molecule has 0 amide bonds. The fourth-order valence-electron chi connectivity index (χ4n) is 2.66. The number of aromatic hydroxyl groups is 1. The van der Waals surface area contributed by atoms with Crippen LogP contribution in [0.5, 0.6) is 5.75 Å². The molecule has 3 rings (SSSR count). The van der Waals surface area contributed by atoms with Crippen molar-refractivity contribution in [2.45, 2.75) is 26.8 Å². The Balaban J connectivity index is 2.40. The van der Waals surface area contributed by atoms with Crippen molar-refractivity contribution < 1.29 is 5.11 Å². The predicted octanol–water partition coefficient (Wildman–Crippen LogP) is 4.95. The maximum absolute atomic E-state index is 9.96. The normalized spacial score (nSPS) is 11.5. The van der Waals surface area contributed by atoms with Crippen LogP contribution in [-0.2, 0) is 0 Å². The molecule has 3 nitrogen and oxygen atoms in total. The van der Waals surface area contributed by atoms with E-state index < -0.39 is 0 Å². The molecular weight excluding hydrogens is 284 g/mol. The van der Waals surface area contributed by atoms with Crippen molar-refractivity contribution in [2.24, 2.45) is 0 Å². The molecule has 108 valence electrons. The summed E-state index contributed by atoms with van der Waals surface area (Å²) < 4.78 is 2.12. The van der Waals surface area contributed by atoms with Gasteiger partial charge in [-0.3, -0.25) is 0 Å². The molecule has 4 heteroatoms. The van der Waals surface area contributed by atoms with Crippen molar-refractivity contribution in [1.29, 1.82) is 0 Å². The lowest BCUT2D eigenvalue weighted by Gasteiger charge is -2.15. The lowest BCUT2D eigenvalue weighted by Crippen LogP contribution is -2.04. The SMILES string of the molecule is Cc1c(O)cccc1-c1nc2cccc(Cl)c2n1C(C)C. The second-order valence-electron chi connectivity index (χ2n) is 5.46. The van der Waals surface area contributed by atoms with Crippen molar-refractivity contribution in [2.75, 3.05) is 0 Å². The van der Waals surface area contributed by atoms with E-state index >= 15 is 0 Å². The van der Waals surface area contributed by atoms with E-state index in [0.717, 1.165) is 28.0 Å². The Hall–Kier alpha value is -2.00. The first kappa shape index (κ1) is 14.0. The largest absolute Gasteiger partial charge is 0.508 e. The highest BCUT2D eigenvalue weighted by Crippen LogP contribution is 2.35. The van der Waals surface area contributed by atoms with Crippen LogP contribution in [0.4, 0.5) is 0 Å². The maximum atomic E-state index is 9.96. The van der Waals surface area contributed by atoms with E-state index in [1.165, 1.54) is 0 Å². The van der Waals surface area contributed by atoms with Crippen LogP contribution in [0.1, 0.15) is 25.5 Å². The number of phenolic OH excluding ortho intramolecular Hbond substituents is 1. The van der Waals surface area contributed by atoms with Gasteiger partial charge in [0.05, 0.1) is 16.1 Å². The summed E-state index contributed by atoms with van der Waals surface area (Å²) in [5.74, 6) is 1.11. The van der Waals surface area contributed by atoms with Gasteiger partial charge in [0.25, 0.3) is 0 Å². The van der Waals surface area contributed by atoms with E-state index in [9.17, 15) is 5.11 Å². The number of rotatable bonds is 2. The fraction of sp³-hybridized carbons (Fsp3) is 0.235. The van der Waals surface area contributed by atoms with E-state index in [1.54, 1.807) is 6.07 Å². The topological polar surface area (TPSA) is 38.1 Å². The van der Waals surface area contributed by atoms with Gasteiger partial charge in [0.2, 0.25) is 0 Å². The lowest BCUT2D eigenvalue weighted by molar-refractivity contribution is 0.471. The van der Waals surface area contributed by atoms with Crippen LogP contribution >= 0.6 is 11.6 Å². The number of phenols is 1. The molecule has 0 aliphatic carbocycles. The first-order valence-corrected chi connectivity index (χ1v) is 7.34. The van der Waals surface area contributed by atoms with E-state index in [4.69, 9.17) is 16.6 Å². The van der Waals surface area contributed by atoms with E-state index in [2.05, 4.69) is 18.4 Å². The molecule has 0 unspecified atom stereocenters. The van der Waals surface area contributed by atoms with Crippen LogP contribution in [0.2, 0.25) is 5.02 Å². The molecule has 0 aliphatic rings. The Morgan fingerprint density at radius 3 is 2.57 bits per heavy atom. The van der Waals surface area contributed by atoms with Gasteiger partial charge in [-0.1, -0.05) is 29.8 Å². The molecule has 1 N–H and O–H groups in total. The summed E-state index contributed by atoms with van der Waals surface area (Å²) in [6.45, 7) is 6.11. The minimum absolute atomic E-state index is 0.214. The summed E-state index contributed by atoms with van der Waals surface area (Å²) in [5.41, 5.74) is 3.56. The third kappa shape index (κ3) is 2.18. The van der Waals surface area contributed by atoms with Crippen LogP contribution < -0.4 is 0 Å². The molecule has 0 saturated carbocycles. The monoisotopic (exact) mass is 300 g/mol. The van der Waals surface area contributed by atoms with Gasteiger partial charge in [-0.15, -0.1) is 0 Å². The van der Waals surface area contributed by atoms with Crippen molar-refractivity contribution in [1.82, 2.24) is 9.55 Å². The maximum Gasteiger partial charge on any atom is 0.141 e. The van der Waals surface area contributed by atoms with Crippen molar-refractivity contribution in [3.05, 3.63) is 47.0 Å². The molecule has 0 aliphatic heterocycles. The van der Waals surface area contributed by atoms with Crippen LogP contribution in [0.15, 0.2) is 36.4 Å². The van der Waals surface area contributed by atoms with Gasteiger partial charge in [-0.25, -0.2) is 4.98 Å². The van der Waals surface area contributed by atoms with Crippen molar-refractivity contribution >= 4 is 22.6 Å². The molecule has 3 aromatic rings. The van der Waals surface area contributed by atoms with Crippen molar-refractivity contribution in [3.8, 4) is 17.1 Å². The molecule has 1 heterocycles. The van der Waals surface area contributed by atoms with E-state index in [-0.39, 0.29) is 11.8 Å². The second-order valence-corrected chi connectivity index (χ2v) is 5.86. The lowest BCUT2D eigenvalue weighted by atomic mass is 10.1. The number of halogens is 1. The molecule has 0 saturated heterocycles. The van der Waals surface area contributed by atoms with E-state index in [0.29, 0.717) is 5.02 Å². The molecule has 2 aromatic carbocycles. The average Bonchev–Trinajstić information content (AvgIpc) is 2.82. The number of fused-ring (bicyclic) bond motifs is 1. The summed E-state index contributed by atoms with van der Waals surface area (Å²) in [6, 6.07) is 11.5. The van der Waals surface area contributed by atoms with Gasteiger partial charge in [-0.2, -0.15) is 0 Å². The van der Waals surface area contributed by atoms with Crippen LogP contribution in [0, 0.1) is 6.92 Å². The number of aromatic nitrogens is 2. The van der Waals surface area contributed by atoms with Crippen molar-refractivity contribution in [3.63, 3.8) is 0 Å². The van der Waals surface area contributed by atoms with Gasteiger partial charge >= 0.3 is 0 Å². The summed E-state index contributed by atoms with van der Waals surface area (Å²) in [5, 5.41) is 10.6. The smallest absolute Gasteiger partial charge is 0.141 e. The van der Waals surface area contributed by atoms with Crippen LogP contribution in [0.3, 0.4) is 0 Å². The molecular formula is C17H17ClN2O. The zero-order valence-corrected chi connectivity index (χ0v) is 13.0. The minimum Gasteiger partial charge on any atom is -0.508 e. The zero-order valence-electron chi connectivity index (χ0n) is 12.3. The first-order valence-electron chi connectivity index (χ1n) is 6.96. The Kier molecular flexibility index (Phi) is 3.38. The summed E-state index contributed by atoms with van der Waals surface area (Å²) in [6.07, 6.45) is 0. The molecule has 0 fully saturated rings. The molecule has 1 aromatic heterocycles. The van der Waals surface area contributed by atoms with Gasteiger partial charge in [0.15, 0.2) is 0 Å². The van der Waals surface area contributed by atoms with Gasteiger partial charge in [-0.05, 0) is 39.0 Å². The first-order chi connectivity index (χ1) is 10.0. The number of hydrogen-bond acceptors (Lipinski definition) is 2. The summed E-state index contributed by atoms with van der Waals surface area (Å²) in [7, 11) is 0. The molecule has 0 spiro atoms. The Morgan fingerprint density at radius 2 is 1.86 bits per heavy atom. The quantitative estimate of drug-likeness (QED) is 0.727. The average molecular weight is 301 g/mol. The number of imidazole rings is 1. The number of benzene rings is 2. The van der Waals surface area contributed by atoms with Crippen LogP contribution in [0.25, 0.3) is 22.4 Å². The zero-order chi connectivity index (χ0) is 15.1. The predicted molar refractivity (Wildman–Crippen MR) is 87.0 cm³/mol. The highest BCUT2D eigenvalue weighted by molar-refractivity contribution is 6.35. The summed E-state index contributed by atoms with van der Waals surface area (Å²) >= 11 is 6.37. The second kappa shape index (κ2) is 5.08. The summed E-state index contributed by atoms with van der Waals surface area (Å²) in [4.78, 5) is 4.73. The number of hydrogen-bond donors (Lipinski definition) is 1. The molecule has 0 atom stereocenters. The third-order valence-corrected chi connectivity index (χ3v) is 4.03. The number of nitrogens with zero attached hydrogens (tertiary/aromatic N) is 2. The standard InChI is InChI=1S/C17H17ClN2O/c1-10(2)20-16-13(18)7-5-8-14(16)19-17(20)12-6-4-9-15(21)11(12)3/h4-10,21H,1-3H3. The molecule has 0 radical (unpaired) electrons. The highest BCUT2D eigenvalue weighted by Gasteiger charge is 2.18. The Labute approximate surface area is 128 Å². The Morgan fingerprint density at radius 1 is 1.14 bits per heavy atom.